The number of hydrogen-bond acceptors (Lipinski definition) is 5. The Labute approximate surface area is 245 Å². The van der Waals surface area contributed by atoms with E-state index >= 15 is 0 Å². The van der Waals surface area contributed by atoms with Crippen LogP contribution in [0.5, 0.6) is 0 Å². The molecule has 1 aliphatic heterocycles. The number of Topliss-reactive ketones (excluding diaryl/α,β-unsaturated/α-hetero) is 1. The van der Waals surface area contributed by atoms with Crippen molar-refractivity contribution in [2.24, 2.45) is 11.8 Å². The van der Waals surface area contributed by atoms with Crippen LogP contribution < -0.4 is 10.6 Å². The van der Waals surface area contributed by atoms with Crippen molar-refractivity contribution < 1.29 is 32.3 Å². The highest BCUT2D eigenvalue weighted by Gasteiger charge is 2.46. The van der Waals surface area contributed by atoms with Gasteiger partial charge >= 0.3 is 6.18 Å². The number of aromatic nitrogens is 2. The number of likely N-dealkylation sites (tertiary alicyclic amines) is 1. The summed E-state index contributed by atoms with van der Waals surface area (Å²) in [6, 6.07) is 1.06. The maximum Gasteiger partial charge on any atom is 0.452 e. The highest BCUT2D eigenvalue weighted by Crippen LogP contribution is 2.30. The Kier molecular flexibility index (Phi) is 10.1. The van der Waals surface area contributed by atoms with E-state index in [9.17, 15) is 32.3 Å². The van der Waals surface area contributed by atoms with Gasteiger partial charge in [-0.25, -0.2) is 4.68 Å². The zero-order valence-corrected chi connectivity index (χ0v) is 24.7. The van der Waals surface area contributed by atoms with Gasteiger partial charge in [0, 0.05) is 6.54 Å². The minimum Gasteiger partial charge on any atom is -0.344 e. The van der Waals surface area contributed by atoms with Gasteiger partial charge in [0.1, 0.15) is 12.1 Å². The first kappa shape index (κ1) is 32.4. The van der Waals surface area contributed by atoms with Crippen molar-refractivity contribution in [1.82, 2.24) is 25.3 Å². The summed E-state index contributed by atoms with van der Waals surface area (Å²) in [4.78, 5) is 53.1. The Morgan fingerprint density at radius 1 is 1.02 bits per heavy atom. The van der Waals surface area contributed by atoms with Crippen LogP contribution in [0.15, 0.2) is 24.4 Å². The van der Waals surface area contributed by atoms with Crippen LogP contribution in [0.4, 0.5) is 13.2 Å². The summed E-state index contributed by atoms with van der Waals surface area (Å²) in [6.07, 6.45) is -3.16. The number of halogens is 5. The second-order valence-electron chi connectivity index (χ2n) is 10.6. The van der Waals surface area contributed by atoms with Gasteiger partial charge in [-0.2, -0.15) is 18.3 Å². The molecule has 3 atom stereocenters. The topological polar surface area (TPSA) is 113 Å². The van der Waals surface area contributed by atoms with Crippen LogP contribution in [-0.4, -0.2) is 69.0 Å². The highest BCUT2D eigenvalue weighted by molar-refractivity contribution is 6.43. The lowest BCUT2D eigenvalue weighted by Gasteiger charge is -2.31. The van der Waals surface area contributed by atoms with Crippen LogP contribution in [-0.2, 0) is 14.4 Å². The molecule has 14 heteroatoms. The number of rotatable bonds is 9. The molecular weight excluding hydrogens is 586 g/mol. The standard InChI is InChI=1S/C27H32Cl2F3N5O4/c1-13(2)21(23(38)27(30,31)32)34-25(40)19-10-7-11-36(19)26(41)22(14(3)4)35-24(39)16-12-33-37(15(16)5)18-9-6-8-17(28)20(18)29/h6,8-9,12-14,19,21-22H,7,10-11H2,1-5H3,(H,34,40)(H,35,39)/t19-,21-,22-/m0/s1. The molecule has 41 heavy (non-hydrogen) atoms. The van der Waals surface area contributed by atoms with Crippen LogP contribution >= 0.6 is 23.2 Å². The van der Waals surface area contributed by atoms with Gasteiger partial charge < -0.3 is 15.5 Å². The number of nitrogens with one attached hydrogen (secondary N) is 2. The fourth-order valence-electron chi connectivity index (χ4n) is 4.71. The summed E-state index contributed by atoms with van der Waals surface area (Å²) in [5.41, 5.74) is 1.08. The largest absolute Gasteiger partial charge is 0.452 e. The SMILES string of the molecule is Cc1c(C(=O)N[C@H](C(=O)N2CCC[C@H]2C(=O)N[C@H](C(=O)C(F)(F)F)C(C)C)C(C)C)cnn1-c1cccc(Cl)c1Cl. The molecular formula is C27H32Cl2F3N5O4. The second kappa shape index (κ2) is 12.8. The summed E-state index contributed by atoms with van der Waals surface area (Å²) in [5.74, 6) is -5.28. The summed E-state index contributed by atoms with van der Waals surface area (Å²) >= 11 is 12.4. The maximum absolute atomic E-state index is 13.6. The Bertz CT molecular complexity index is 1330. The average Bonchev–Trinajstić information content (AvgIpc) is 3.53. The van der Waals surface area contributed by atoms with Gasteiger partial charge in [-0.1, -0.05) is 57.0 Å². The second-order valence-corrected chi connectivity index (χ2v) is 11.4. The molecule has 0 spiro atoms. The predicted molar refractivity (Wildman–Crippen MR) is 147 cm³/mol. The third-order valence-electron chi connectivity index (χ3n) is 7.00. The fraction of sp³-hybridized carbons (Fsp3) is 0.519. The molecule has 1 aliphatic rings. The molecule has 0 radical (unpaired) electrons. The van der Waals surface area contributed by atoms with Gasteiger partial charge in [0.2, 0.25) is 11.8 Å². The molecule has 9 nitrogen and oxygen atoms in total. The Morgan fingerprint density at radius 3 is 2.24 bits per heavy atom. The van der Waals surface area contributed by atoms with E-state index in [0.29, 0.717) is 22.8 Å². The van der Waals surface area contributed by atoms with Crippen molar-refractivity contribution >= 4 is 46.7 Å². The lowest BCUT2D eigenvalue weighted by atomic mass is 9.98. The lowest BCUT2D eigenvalue weighted by molar-refractivity contribution is -0.175. The number of benzene rings is 1. The van der Waals surface area contributed by atoms with Crippen molar-refractivity contribution in [3.05, 3.63) is 45.7 Å². The average molecular weight is 618 g/mol. The molecule has 1 saturated heterocycles. The molecule has 1 aromatic heterocycles. The zero-order chi connectivity index (χ0) is 30.8. The molecule has 0 bridgehead atoms. The molecule has 2 N–H and O–H groups in total. The Hall–Kier alpha value is -3.12. The van der Waals surface area contributed by atoms with Crippen molar-refractivity contribution in [2.45, 2.75) is 71.8 Å². The normalized spacial score (nSPS) is 17.1. The van der Waals surface area contributed by atoms with Crippen LogP contribution in [0.2, 0.25) is 10.0 Å². The maximum atomic E-state index is 13.6. The van der Waals surface area contributed by atoms with E-state index in [0.717, 1.165) is 0 Å². The molecule has 1 fully saturated rings. The number of ketones is 1. The number of hydrogen-bond donors (Lipinski definition) is 2. The smallest absolute Gasteiger partial charge is 0.344 e. The summed E-state index contributed by atoms with van der Waals surface area (Å²) < 4.78 is 40.7. The van der Waals surface area contributed by atoms with Gasteiger partial charge in [0.15, 0.2) is 0 Å². The molecule has 0 saturated carbocycles. The first-order chi connectivity index (χ1) is 19.1. The molecule has 3 amide bonds. The molecule has 224 valence electrons. The van der Waals surface area contributed by atoms with E-state index < -0.39 is 59.6 Å². The van der Waals surface area contributed by atoms with Gasteiger partial charge in [-0.3, -0.25) is 19.2 Å². The summed E-state index contributed by atoms with van der Waals surface area (Å²) in [5, 5.41) is 9.72. The van der Waals surface area contributed by atoms with E-state index in [2.05, 4.69) is 15.7 Å². The van der Waals surface area contributed by atoms with E-state index in [4.69, 9.17) is 23.2 Å². The van der Waals surface area contributed by atoms with Crippen LogP contribution in [0.25, 0.3) is 5.69 Å². The van der Waals surface area contributed by atoms with Crippen LogP contribution in [0, 0.1) is 18.8 Å². The van der Waals surface area contributed by atoms with E-state index in [1.54, 1.807) is 39.0 Å². The zero-order valence-electron chi connectivity index (χ0n) is 23.2. The fourth-order valence-corrected chi connectivity index (χ4v) is 5.08. The molecule has 0 aliphatic carbocycles. The van der Waals surface area contributed by atoms with Crippen molar-refractivity contribution in [3.8, 4) is 5.69 Å². The first-order valence-electron chi connectivity index (χ1n) is 13.1. The quantitative estimate of drug-likeness (QED) is 0.430. The molecule has 3 rings (SSSR count). The van der Waals surface area contributed by atoms with Gasteiger partial charge in [0.05, 0.1) is 39.2 Å². The van der Waals surface area contributed by atoms with Crippen molar-refractivity contribution in [1.29, 1.82) is 0 Å². The van der Waals surface area contributed by atoms with Gasteiger partial charge in [-0.05, 0) is 43.7 Å². The van der Waals surface area contributed by atoms with Crippen LogP contribution in [0.1, 0.15) is 56.6 Å². The van der Waals surface area contributed by atoms with E-state index in [1.165, 1.54) is 29.6 Å². The van der Waals surface area contributed by atoms with Gasteiger partial charge in [0.25, 0.3) is 11.7 Å². The minimum absolute atomic E-state index is 0.166. The summed E-state index contributed by atoms with van der Waals surface area (Å²) in [7, 11) is 0. The highest BCUT2D eigenvalue weighted by atomic mass is 35.5. The number of carbonyl (C=O) groups excluding carboxylic acids is 4. The molecule has 0 unspecified atom stereocenters. The molecule has 2 aromatic rings. The Morgan fingerprint density at radius 2 is 1.66 bits per heavy atom. The van der Waals surface area contributed by atoms with Crippen LogP contribution in [0.3, 0.4) is 0 Å². The minimum atomic E-state index is -5.12. The third kappa shape index (κ3) is 7.03. The third-order valence-corrected chi connectivity index (χ3v) is 7.81. The van der Waals surface area contributed by atoms with Gasteiger partial charge in [-0.15, -0.1) is 0 Å². The Balaban J connectivity index is 1.79. The monoisotopic (exact) mass is 617 g/mol. The molecule has 2 heterocycles. The van der Waals surface area contributed by atoms with E-state index in [-0.39, 0.29) is 23.6 Å². The number of amides is 3. The van der Waals surface area contributed by atoms with Crippen molar-refractivity contribution in [3.63, 3.8) is 0 Å². The summed E-state index contributed by atoms with van der Waals surface area (Å²) in [6.45, 7) is 8.03. The number of nitrogens with zero attached hydrogens (tertiary/aromatic N) is 3. The van der Waals surface area contributed by atoms with E-state index in [1.807, 2.05) is 0 Å². The first-order valence-corrected chi connectivity index (χ1v) is 13.8. The van der Waals surface area contributed by atoms with Crippen molar-refractivity contribution in [2.75, 3.05) is 6.54 Å². The number of carbonyl (C=O) groups is 4. The number of alkyl halides is 3. The molecule has 1 aromatic carbocycles. The lowest BCUT2D eigenvalue weighted by Crippen LogP contribution is -2.58. The predicted octanol–water partition coefficient (Wildman–Crippen LogP) is 4.51.